The van der Waals surface area contributed by atoms with Gasteiger partial charge < -0.3 is 20.6 Å². The fraction of sp³-hybridized carbons (Fsp3) is 0.250. The number of para-hydroxylation sites is 1. The molecule has 0 heterocycles. The number of carbonyl (C=O) groups excluding carboxylic acids is 2. The first-order valence-electron chi connectivity index (χ1n) is 5.61. The predicted molar refractivity (Wildman–Crippen MR) is 76.8 cm³/mol. The van der Waals surface area contributed by atoms with E-state index in [2.05, 4.69) is 26.6 Å². The van der Waals surface area contributed by atoms with Crippen LogP contribution >= 0.6 is 15.9 Å². The number of benzene rings is 1. The van der Waals surface area contributed by atoms with Gasteiger partial charge in [-0.3, -0.25) is 4.79 Å². The Morgan fingerprint density at radius 1 is 1.35 bits per heavy atom. The minimum atomic E-state index is -1.16. The van der Waals surface area contributed by atoms with Crippen LogP contribution in [0.2, 0.25) is 0 Å². The van der Waals surface area contributed by atoms with Gasteiger partial charge >= 0.3 is 12.0 Å². The van der Waals surface area contributed by atoms with Gasteiger partial charge in [0.15, 0.2) is 0 Å². The Morgan fingerprint density at radius 3 is 2.55 bits per heavy atom. The number of aromatic carboxylic acids is 1. The Balaban J connectivity index is 2.90. The highest BCUT2D eigenvalue weighted by molar-refractivity contribution is 9.10. The molecule has 8 heteroatoms. The molecule has 3 N–H and O–H groups in total. The maximum atomic E-state index is 11.9. The average Bonchev–Trinajstić information content (AvgIpc) is 2.40. The number of halogens is 1. The third-order valence-electron chi connectivity index (χ3n) is 2.48. The number of anilines is 1. The zero-order chi connectivity index (χ0) is 15.3. The summed E-state index contributed by atoms with van der Waals surface area (Å²) in [7, 11) is 2.90. The summed E-state index contributed by atoms with van der Waals surface area (Å²) in [6, 6.07) is 3.96. The number of nitrogens with zero attached hydrogens (tertiary/aromatic N) is 1. The van der Waals surface area contributed by atoms with Crippen LogP contribution in [0.4, 0.5) is 10.5 Å². The molecule has 0 spiro atoms. The van der Waals surface area contributed by atoms with Crippen LogP contribution in [0.15, 0.2) is 22.7 Å². The Bertz CT molecular complexity index is 548. The fourth-order valence-corrected chi connectivity index (χ4v) is 1.86. The number of carbonyl (C=O) groups is 3. The molecule has 0 atom stereocenters. The molecular weight excluding hydrogens is 330 g/mol. The van der Waals surface area contributed by atoms with Gasteiger partial charge in [-0.15, -0.1) is 0 Å². The number of hydrogen-bond acceptors (Lipinski definition) is 3. The van der Waals surface area contributed by atoms with E-state index < -0.39 is 12.0 Å². The summed E-state index contributed by atoms with van der Waals surface area (Å²) in [6.07, 6.45) is 0. The summed E-state index contributed by atoms with van der Waals surface area (Å²) < 4.78 is 0.444. The van der Waals surface area contributed by atoms with E-state index in [1.165, 1.54) is 20.2 Å². The van der Waals surface area contributed by atoms with Crippen molar-refractivity contribution in [3.8, 4) is 0 Å². The Labute approximate surface area is 124 Å². The van der Waals surface area contributed by atoms with E-state index in [1.807, 2.05) is 0 Å². The van der Waals surface area contributed by atoms with Crippen LogP contribution in [0.3, 0.4) is 0 Å². The van der Waals surface area contributed by atoms with Crippen LogP contribution in [-0.4, -0.2) is 48.6 Å². The number of hydrogen-bond donors (Lipinski definition) is 3. The third kappa shape index (κ3) is 3.95. The Morgan fingerprint density at radius 2 is 2.00 bits per heavy atom. The van der Waals surface area contributed by atoms with Crippen molar-refractivity contribution in [2.45, 2.75) is 0 Å². The van der Waals surface area contributed by atoms with Crippen LogP contribution in [-0.2, 0) is 4.79 Å². The van der Waals surface area contributed by atoms with Crippen molar-refractivity contribution in [2.75, 3.05) is 26.0 Å². The third-order valence-corrected chi connectivity index (χ3v) is 3.14. The van der Waals surface area contributed by atoms with Gasteiger partial charge in [0.05, 0.1) is 11.3 Å². The molecule has 0 fully saturated rings. The van der Waals surface area contributed by atoms with Gasteiger partial charge in [-0.25, -0.2) is 9.59 Å². The van der Waals surface area contributed by atoms with E-state index in [-0.39, 0.29) is 23.7 Å². The summed E-state index contributed by atoms with van der Waals surface area (Å²) in [5.41, 5.74) is 0.106. The lowest BCUT2D eigenvalue weighted by molar-refractivity contribution is -0.120. The van der Waals surface area contributed by atoms with Gasteiger partial charge in [-0.2, -0.15) is 0 Å². The summed E-state index contributed by atoms with van der Waals surface area (Å²) >= 11 is 3.18. The van der Waals surface area contributed by atoms with Crippen molar-refractivity contribution in [1.82, 2.24) is 10.2 Å². The molecular formula is C12H14BrN3O4. The van der Waals surface area contributed by atoms with E-state index in [1.54, 1.807) is 12.1 Å². The zero-order valence-corrected chi connectivity index (χ0v) is 12.5. The maximum absolute atomic E-state index is 11.9. The van der Waals surface area contributed by atoms with E-state index in [0.717, 1.165) is 4.90 Å². The van der Waals surface area contributed by atoms with Crippen LogP contribution in [0.1, 0.15) is 10.4 Å². The number of carboxylic acids is 1. The maximum Gasteiger partial charge on any atom is 0.337 e. The van der Waals surface area contributed by atoms with Crippen molar-refractivity contribution in [1.29, 1.82) is 0 Å². The summed E-state index contributed by atoms with van der Waals surface area (Å²) in [5, 5.41) is 13.9. The number of carboxylic acid groups (broad SMARTS) is 1. The van der Waals surface area contributed by atoms with Crippen LogP contribution < -0.4 is 10.6 Å². The Hall–Kier alpha value is -2.09. The number of likely N-dealkylation sites (N-methyl/N-ethyl adjacent to an activating group) is 2. The van der Waals surface area contributed by atoms with E-state index in [9.17, 15) is 14.4 Å². The molecule has 1 rings (SSSR count). The van der Waals surface area contributed by atoms with Crippen molar-refractivity contribution >= 4 is 39.5 Å². The normalized spacial score (nSPS) is 9.75. The minimum absolute atomic E-state index is 0.0407. The summed E-state index contributed by atoms with van der Waals surface area (Å²) in [6.45, 7) is -0.130. The number of rotatable bonds is 4. The molecule has 0 aliphatic heterocycles. The van der Waals surface area contributed by atoms with Crippen molar-refractivity contribution in [3.63, 3.8) is 0 Å². The van der Waals surface area contributed by atoms with E-state index in [4.69, 9.17) is 5.11 Å². The summed E-state index contributed by atoms with van der Waals surface area (Å²) in [5.74, 6) is -1.48. The SMILES string of the molecule is CNC(=O)CN(C)C(=O)Nc1c(Br)cccc1C(=O)O. The molecule has 3 amide bonds. The Kier molecular flexibility index (Phi) is 5.51. The topological polar surface area (TPSA) is 98.7 Å². The molecule has 7 nitrogen and oxygen atoms in total. The van der Waals surface area contributed by atoms with Crippen LogP contribution in [0.25, 0.3) is 0 Å². The van der Waals surface area contributed by atoms with E-state index >= 15 is 0 Å². The molecule has 0 unspecified atom stereocenters. The second kappa shape index (κ2) is 6.90. The first-order chi connectivity index (χ1) is 9.36. The van der Waals surface area contributed by atoms with Gasteiger partial charge in [0.2, 0.25) is 5.91 Å². The molecule has 20 heavy (non-hydrogen) atoms. The van der Waals surface area contributed by atoms with Gasteiger partial charge in [-0.05, 0) is 28.1 Å². The van der Waals surface area contributed by atoms with Crippen molar-refractivity contribution in [2.24, 2.45) is 0 Å². The number of urea groups is 1. The van der Waals surface area contributed by atoms with Gasteiger partial charge in [-0.1, -0.05) is 6.07 Å². The molecule has 0 radical (unpaired) electrons. The molecule has 0 aromatic heterocycles. The zero-order valence-electron chi connectivity index (χ0n) is 10.9. The quantitative estimate of drug-likeness (QED) is 0.768. The smallest absolute Gasteiger partial charge is 0.337 e. The monoisotopic (exact) mass is 343 g/mol. The molecule has 1 aromatic rings. The first-order valence-corrected chi connectivity index (χ1v) is 6.40. The highest BCUT2D eigenvalue weighted by Gasteiger charge is 2.18. The lowest BCUT2D eigenvalue weighted by Crippen LogP contribution is -2.39. The standard InChI is InChI=1S/C12H14BrN3O4/c1-14-9(17)6-16(2)12(20)15-10-7(11(18)19)4-3-5-8(10)13/h3-5H,6H2,1-2H3,(H,14,17)(H,15,20)(H,18,19). The highest BCUT2D eigenvalue weighted by atomic mass is 79.9. The molecule has 108 valence electrons. The van der Waals surface area contributed by atoms with Gasteiger partial charge in [0, 0.05) is 18.6 Å². The second-order valence-electron chi connectivity index (χ2n) is 3.93. The molecule has 1 aromatic carbocycles. The van der Waals surface area contributed by atoms with E-state index in [0.29, 0.717) is 4.47 Å². The van der Waals surface area contributed by atoms with Crippen molar-refractivity contribution in [3.05, 3.63) is 28.2 Å². The van der Waals surface area contributed by atoms with Gasteiger partial charge in [0.25, 0.3) is 0 Å². The van der Waals surface area contributed by atoms with Crippen LogP contribution in [0, 0.1) is 0 Å². The lowest BCUT2D eigenvalue weighted by atomic mass is 10.2. The van der Waals surface area contributed by atoms with Crippen molar-refractivity contribution < 1.29 is 19.5 Å². The predicted octanol–water partition coefficient (Wildman–Crippen LogP) is 1.36. The number of nitrogens with one attached hydrogen (secondary N) is 2. The molecule has 0 saturated carbocycles. The minimum Gasteiger partial charge on any atom is -0.478 e. The fourth-order valence-electron chi connectivity index (χ4n) is 1.40. The molecule has 0 bridgehead atoms. The first kappa shape index (κ1) is 16.0. The largest absolute Gasteiger partial charge is 0.478 e. The van der Waals surface area contributed by atoms with Crippen LogP contribution in [0.5, 0.6) is 0 Å². The molecule has 0 aliphatic rings. The average molecular weight is 344 g/mol. The lowest BCUT2D eigenvalue weighted by Gasteiger charge is -2.18. The second-order valence-corrected chi connectivity index (χ2v) is 4.78. The summed E-state index contributed by atoms with van der Waals surface area (Å²) in [4.78, 5) is 35.3. The van der Waals surface area contributed by atoms with Gasteiger partial charge in [0.1, 0.15) is 6.54 Å². The highest BCUT2D eigenvalue weighted by Crippen LogP contribution is 2.26. The molecule has 0 aliphatic carbocycles. The molecule has 0 saturated heterocycles. The number of amides is 3.